The number of hydrogen-bond donors (Lipinski definition) is 2. The lowest BCUT2D eigenvalue weighted by Crippen LogP contribution is -2.24. The Labute approximate surface area is 155 Å². The molecule has 0 bridgehead atoms. The number of aromatic nitrogens is 2. The van der Waals surface area contributed by atoms with Crippen LogP contribution in [0.3, 0.4) is 0 Å². The normalized spacial score (nSPS) is 10.3. The Kier molecular flexibility index (Phi) is 5.70. The van der Waals surface area contributed by atoms with E-state index in [4.69, 9.17) is 0 Å². The van der Waals surface area contributed by atoms with E-state index in [1.165, 1.54) is 0 Å². The van der Waals surface area contributed by atoms with E-state index in [1.54, 1.807) is 12.1 Å². The van der Waals surface area contributed by atoms with Gasteiger partial charge in [-0.15, -0.1) is 10.2 Å². The van der Waals surface area contributed by atoms with E-state index in [-0.39, 0.29) is 23.4 Å². The fourth-order valence-corrected chi connectivity index (χ4v) is 2.93. The lowest BCUT2D eigenvalue weighted by molar-refractivity contribution is -0.120. The molecular formula is C19H18N4O2S. The van der Waals surface area contributed by atoms with Crippen molar-refractivity contribution in [3.05, 3.63) is 75.7 Å². The van der Waals surface area contributed by atoms with E-state index in [2.05, 4.69) is 20.8 Å². The summed E-state index contributed by atoms with van der Waals surface area (Å²) in [5.74, 6) is -0.412. The molecule has 1 heterocycles. The second kappa shape index (κ2) is 8.35. The van der Waals surface area contributed by atoms with Crippen LogP contribution < -0.4 is 10.6 Å². The van der Waals surface area contributed by atoms with Crippen LogP contribution in [0, 0.1) is 6.92 Å². The van der Waals surface area contributed by atoms with Gasteiger partial charge in [0, 0.05) is 5.69 Å². The number of rotatable bonds is 6. The van der Waals surface area contributed by atoms with Crippen molar-refractivity contribution in [2.45, 2.75) is 19.9 Å². The number of carbonyl (C=O) groups excluding carboxylic acids is 2. The maximum atomic E-state index is 12.1. The molecule has 0 saturated carbocycles. The quantitative estimate of drug-likeness (QED) is 0.702. The molecule has 0 spiro atoms. The van der Waals surface area contributed by atoms with Gasteiger partial charge >= 0.3 is 0 Å². The number of nitrogens with zero attached hydrogens (tertiary/aromatic N) is 2. The summed E-state index contributed by atoms with van der Waals surface area (Å²) in [7, 11) is 0. The van der Waals surface area contributed by atoms with Gasteiger partial charge in [0.15, 0.2) is 0 Å². The van der Waals surface area contributed by atoms with E-state index < -0.39 is 0 Å². The van der Waals surface area contributed by atoms with Gasteiger partial charge in [-0.1, -0.05) is 59.4 Å². The van der Waals surface area contributed by atoms with Crippen LogP contribution in [0.15, 0.2) is 54.6 Å². The Hall–Kier alpha value is -3.06. The average molecular weight is 366 g/mol. The summed E-state index contributed by atoms with van der Waals surface area (Å²) in [6, 6.07) is 17.0. The zero-order valence-electron chi connectivity index (χ0n) is 14.2. The molecule has 132 valence electrons. The van der Waals surface area contributed by atoms with Crippen molar-refractivity contribution in [2.24, 2.45) is 0 Å². The fraction of sp³-hybridized carbons (Fsp3) is 0.158. The van der Waals surface area contributed by atoms with E-state index in [1.807, 2.05) is 49.4 Å². The molecule has 0 aliphatic heterocycles. The molecule has 3 aromatic rings. The maximum Gasteiger partial charge on any atom is 0.286 e. The van der Waals surface area contributed by atoms with E-state index >= 15 is 0 Å². The largest absolute Gasteiger partial charge is 0.349 e. The van der Waals surface area contributed by atoms with Gasteiger partial charge < -0.3 is 10.6 Å². The van der Waals surface area contributed by atoms with Crippen LogP contribution in [0.2, 0.25) is 0 Å². The summed E-state index contributed by atoms with van der Waals surface area (Å²) >= 11 is 1.16. The van der Waals surface area contributed by atoms with Gasteiger partial charge in [-0.3, -0.25) is 9.59 Å². The van der Waals surface area contributed by atoms with E-state index in [0.717, 1.165) is 22.5 Å². The van der Waals surface area contributed by atoms with Crippen LogP contribution in [-0.2, 0) is 17.8 Å². The highest BCUT2D eigenvalue weighted by molar-refractivity contribution is 7.13. The SMILES string of the molecule is Cc1ccc(CC(=O)NCc2nnc(C(=O)Nc3ccccc3)s2)cc1. The molecule has 3 rings (SSSR count). The van der Waals surface area contributed by atoms with Crippen molar-refractivity contribution in [1.82, 2.24) is 15.5 Å². The second-order valence-electron chi connectivity index (χ2n) is 5.76. The summed E-state index contributed by atoms with van der Waals surface area (Å²) in [5.41, 5.74) is 2.80. The summed E-state index contributed by atoms with van der Waals surface area (Å²) in [4.78, 5) is 24.2. The average Bonchev–Trinajstić information content (AvgIpc) is 3.12. The van der Waals surface area contributed by atoms with Crippen LogP contribution in [0.1, 0.15) is 25.9 Å². The van der Waals surface area contributed by atoms with Crippen LogP contribution in [-0.4, -0.2) is 22.0 Å². The molecule has 0 unspecified atom stereocenters. The molecule has 0 aliphatic rings. The Morgan fingerprint density at radius 2 is 1.73 bits per heavy atom. The van der Waals surface area contributed by atoms with Crippen molar-refractivity contribution >= 4 is 28.8 Å². The standard InChI is InChI=1S/C19H18N4O2S/c1-13-7-9-14(10-8-13)11-16(24)20-12-17-22-23-19(26-17)18(25)21-15-5-3-2-4-6-15/h2-10H,11-12H2,1H3,(H,20,24)(H,21,25). The van der Waals surface area contributed by atoms with Crippen molar-refractivity contribution in [3.8, 4) is 0 Å². The molecule has 0 atom stereocenters. The predicted octanol–water partition coefficient (Wildman–Crippen LogP) is 2.96. The number of aryl methyl sites for hydroxylation is 1. The minimum absolute atomic E-state index is 0.0978. The van der Waals surface area contributed by atoms with E-state index in [0.29, 0.717) is 17.1 Å². The molecule has 7 heteroatoms. The third-order valence-electron chi connectivity index (χ3n) is 3.61. The number of carbonyl (C=O) groups is 2. The lowest BCUT2D eigenvalue weighted by atomic mass is 10.1. The molecule has 26 heavy (non-hydrogen) atoms. The first-order valence-electron chi connectivity index (χ1n) is 8.11. The molecule has 0 fully saturated rings. The summed E-state index contributed by atoms with van der Waals surface area (Å²) in [6.45, 7) is 2.26. The summed E-state index contributed by atoms with van der Waals surface area (Å²) in [6.07, 6.45) is 0.306. The summed E-state index contributed by atoms with van der Waals surface area (Å²) < 4.78 is 0. The van der Waals surface area contributed by atoms with Crippen molar-refractivity contribution in [3.63, 3.8) is 0 Å². The number of hydrogen-bond acceptors (Lipinski definition) is 5. The minimum atomic E-state index is -0.314. The molecule has 1 aromatic heterocycles. The van der Waals surface area contributed by atoms with Gasteiger partial charge in [0.05, 0.1) is 13.0 Å². The predicted molar refractivity (Wildman–Crippen MR) is 101 cm³/mol. The van der Waals surface area contributed by atoms with Gasteiger partial charge in [-0.05, 0) is 24.6 Å². The topological polar surface area (TPSA) is 84.0 Å². The molecule has 2 amide bonds. The van der Waals surface area contributed by atoms with Gasteiger partial charge in [-0.2, -0.15) is 0 Å². The van der Waals surface area contributed by atoms with Crippen LogP contribution in [0.4, 0.5) is 5.69 Å². The molecule has 6 nitrogen and oxygen atoms in total. The molecule has 0 saturated heterocycles. The monoisotopic (exact) mass is 366 g/mol. The maximum absolute atomic E-state index is 12.1. The highest BCUT2D eigenvalue weighted by Crippen LogP contribution is 2.13. The number of anilines is 1. The lowest BCUT2D eigenvalue weighted by Gasteiger charge is -2.03. The second-order valence-corrected chi connectivity index (χ2v) is 6.82. The minimum Gasteiger partial charge on any atom is -0.349 e. The highest BCUT2D eigenvalue weighted by atomic mass is 32.1. The Morgan fingerprint density at radius 1 is 1.00 bits per heavy atom. The van der Waals surface area contributed by atoms with Crippen molar-refractivity contribution in [1.29, 1.82) is 0 Å². The van der Waals surface area contributed by atoms with Crippen LogP contribution in [0.5, 0.6) is 0 Å². The van der Waals surface area contributed by atoms with Crippen LogP contribution in [0.25, 0.3) is 0 Å². The van der Waals surface area contributed by atoms with Gasteiger partial charge in [0.1, 0.15) is 5.01 Å². The van der Waals surface area contributed by atoms with Gasteiger partial charge in [0.25, 0.3) is 5.91 Å². The van der Waals surface area contributed by atoms with Gasteiger partial charge in [-0.25, -0.2) is 0 Å². The van der Waals surface area contributed by atoms with Gasteiger partial charge in [0.2, 0.25) is 10.9 Å². The third kappa shape index (κ3) is 4.97. The van der Waals surface area contributed by atoms with Crippen molar-refractivity contribution in [2.75, 3.05) is 5.32 Å². The fourth-order valence-electron chi connectivity index (χ4n) is 2.25. The first kappa shape index (κ1) is 17.8. The Balaban J connectivity index is 1.51. The number of benzene rings is 2. The first-order chi connectivity index (χ1) is 12.6. The molecule has 0 radical (unpaired) electrons. The molecule has 2 N–H and O–H groups in total. The zero-order chi connectivity index (χ0) is 18.4. The first-order valence-corrected chi connectivity index (χ1v) is 8.93. The zero-order valence-corrected chi connectivity index (χ0v) is 15.0. The molecule has 0 aliphatic carbocycles. The Bertz CT molecular complexity index is 891. The number of amides is 2. The molecular weight excluding hydrogens is 348 g/mol. The van der Waals surface area contributed by atoms with Crippen molar-refractivity contribution < 1.29 is 9.59 Å². The van der Waals surface area contributed by atoms with E-state index in [9.17, 15) is 9.59 Å². The Morgan fingerprint density at radius 3 is 2.46 bits per heavy atom. The molecule has 2 aromatic carbocycles. The van der Waals surface area contributed by atoms with Crippen LogP contribution >= 0.6 is 11.3 Å². The number of nitrogens with one attached hydrogen (secondary N) is 2. The summed E-state index contributed by atoms with van der Waals surface area (Å²) in [5, 5.41) is 14.3. The third-order valence-corrected chi connectivity index (χ3v) is 4.54. The number of para-hydroxylation sites is 1. The smallest absolute Gasteiger partial charge is 0.286 e. The highest BCUT2D eigenvalue weighted by Gasteiger charge is 2.13.